The molecule has 0 aliphatic carbocycles. The molecule has 5 heteroatoms. The molecule has 2 rings (SSSR count). The van der Waals surface area contributed by atoms with Crippen molar-refractivity contribution in [3.8, 4) is 0 Å². The van der Waals surface area contributed by atoms with Crippen molar-refractivity contribution in [3.05, 3.63) is 12.4 Å². The number of hydrogen-bond donors (Lipinski definition) is 1. The van der Waals surface area contributed by atoms with E-state index in [2.05, 4.69) is 45.1 Å². The second-order valence-corrected chi connectivity index (χ2v) is 5.43. The number of likely N-dealkylation sites (N-methyl/N-ethyl adjacent to an activating group) is 2. The van der Waals surface area contributed by atoms with Gasteiger partial charge in [0.2, 0.25) is 0 Å². The molecular weight excluding hydrogens is 238 g/mol. The molecule has 0 saturated carbocycles. The van der Waals surface area contributed by atoms with Crippen molar-refractivity contribution in [1.82, 2.24) is 15.3 Å². The predicted octanol–water partition coefficient (Wildman–Crippen LogP) is 1.37. The molecule has 0 spiro atoms. The highest BCUT2D eigenvalue weighted by Crippen LogP contribution is 2.23. The van der Waals surface area contributed by atoms with Gasteiger partial charge in [-0.3, -0.25) is 0 Å². The molecule has 2 heterocycles. The monoisotopic (exact) mass is 263 g/mol. The minimum Gasteiger partial charge on any atom is -0.358 e. The molecule has 1 fully saturated rings. The molecule has 0 radical (unpaired) electrons. The van der Waals surface area contributed by atoms with E-state index in [-0.39, 0.29) is 0 Å². The molecular formula is C14H25N5. The lowest BCUT2D eigenvalue weighted by atomic mass is 9.99. The van der Waals surface area contributed by atoms with E-state index in [1.165, 1.54) is 12.8 Å². The summed E-state index contributed by atoms with van der Waals surface area (Å²) < 4.78 is 0. The molecule has 106 valence electrons. The molecule has 0 bridgehead atoms. The first-order chi connectivity index (χ1) is 9.20. The summed E-state index contributed by atoms with van der Waals surface area (Å²) in [5, 5.41) is 3.16. The zero-order chi connectivity index (χ0) is 13.7. The molecule has 1 aromatic heterocycles. The fraction of sp³-hybridized carbons (Fsp3) is 0.714. The molecule has 1 aliphatic rings. The van der Waals surface area contributed by atoms with Gasteiger partial charge >= 0.3 is 0 Å². The second kappa shape index (κ2) is 6.70. The summed E-state index contributed by atoms with van der Waals surface area (Å²) in [6.45, 7) is 6.45. The fourth-order valence-corrected chi connectivity index (χ4v) is 2.35. The van der Waals surface area contributed by atoms with Gasteiger partial charge in [-0.05, 0) is 25.8 Å². The first-order valence-electron chi connectivity index (χ1n) is 7.13. The Balaban J connectivity index is 2.02. The number of nitrogens with zero attached hydrogens (tertiary/aromatic N) is 4. The highest BCUT2D eigenvalue weighted by atomic mass is 15.2. The SMILES string of the molecule is CNCCN(C)c1cc(N2CCC(C)CC2)ncn1. The van der Waals surface area contributed by atoms with Crippen LogP contribution in [-0.4, -0.2) is 50.2 Å². The summed E-state index contributed by atoms with van der Waals surface area (Å²) >= 11 is 0. The standard InChI is InChI=1S/C14H25N5/c1-12-4-7-19(8-5-12)14-10-13(16-11-17-14)18(3)9-6-15-2/h10-12,15H,4-9H2,1-3H3. The number of hydrogen-bond acceptors (Lipinski definition) is 5. The topological polar surface area (TPSA) is 44.3 Å². The van der Waals surface area contributed by atoms with E-state index in [0.29, 0.717) is 0 Å². The smallest absolute Gasteiger partial charge is 0.134 e. The normalized spacial score (nSPS) is 16.7. The van der Waals surface area contributed by atoms with Gasteiger partial charge in [-0.15, -0.1) is 0 Å². The van der Waals surface area contributed by atoms with Crippen LogP contribution in [-0.2, 0) is 0 Å². The highest BCUT2D eigenvalue weighted by Gasteiger charge is 2.17. The van der Waals surface area contributed by atoms with Crippen molar-refractivity contribution in [3.63, 3.8) is 0 Å². The molecule has 19 heavy (non-hydrogen) atoms. The first kappa shape index (κ1) is 14.1. The van der Waals surface area contributed by atoms with E-state index < -0.39 is 0 Å². The van der Waals surface area contributed by atoms with Crippen LogP contribution in [0.5, 0.6) is 0 Å². The molecule has 0 unspecified atom stereocenters. The summed E-state index contributed by atoms with van der Waals surface area (Å²) in [5.74, 6) is 2.91. The fourth-order valence-electron chi connectivity index (χ4n) is 2.35. The number of anilines is 2. The lowest BCUT2D eigenvalue weighted by molar-refractivity contribution is 0.436. The van der Waals surface area contributed by atoms with Crippen LogP contribution in [0.25, 0.3) is 0 Å². The van der Waals surface area contributed by atoms with Crippen molar-refractivity contribution in [2.45, 2.75) is 19.8 Å². The summed E-state index contributed by atoms with van der Waals surface area (Å²) in [6.07, 6.45) is 4.20. The molecule has 0 aromatic carbocycles. The maximum atomic E-state index is 4.42. The van der Waals surface area contributed by atoms with Crippen molar-refractivity contribution in [1.29, 1.82) is 0 Å². The average Bonchev–Trinajstić information content (AvgIpc) is 2.45. The molecule has 1 N–H and O–H groups in total. The highest BCUT2D eigenvalue weighted by molar-refractivity contribution is 5.49. The molecule has 0 atom stereocenters. The van der Waals surface area contributed by atoms with Gasteiger partial charge in [0.15, 0.2) is 0 Å². The molecule has 1 saturated heterocycles. The van der Waals surface area contributed by atoms with Gasteiger partial charge in [0.1, 0.15) is 18.0 Å². The molecule has 5 nitrogen and oxygen atoms in total. The Hall–Kier alpha value is -1.36. The Morgan fingerprint density at radius 3 is 2.79 bits per heavy atom. The van der Waals surface area contributed by atoms with E-state index in [0.717, 1.165) is 43.7 Å². The van der Waals surface area contributed by atoms with E-state index in [1.807, 2.05) is 7.05 Å². The first-order valence-corrected chi connectivity index (χ1v) is 7.13. The van der Waals surface area contributed by atoms with Crippen LogP contribution in [0.3, 0.4) is 0 Å². The van der Waals surface area contributed by atoms with Gasteiger partial charge in [-0.1, -0.05) is 6.92 Å². The summed E-state index contributed by atoms with van der Waals surface area (Å²) in [7, 11) is 4.04. The van der Waals surface area contributed by atoms with Crippen molar-refractivity contribution in [2.24, 2.45) is 5.92 Å². The zero-order valence-electron chi connectivity index (χ0n) is 12.3. The minimum absolute atomic E-state index is 0.843. The third kappa shape index (κ3) is 3.80. The van der Waals surface area contributed by atoms with Gasteiger partial charge in [-0.2, -0.15) is 0 Å². The predicted molar refractivity (Wildman–Crippen MR) is 79.8 cm³/mol. The molecule has 0 amide bonds. The van der Waals surface area contributed by atoms with E-state index >= 15 is 0 Å². The Kier molecular flexibility index (Phi) is 4.96. The number of piperidine rings is 1. The van der Waals surface area contributed by atoms with Crippen molar-refractivity contribution >= 4 is 11.6 Å². The minimum atomic E-state index is 0.843. The zero-order valence-corrected chi connectivity index (χ0v) is 12.3. The van der Waals surface area contributed by atoms with Gasteiger partial charge in [-0.25, -0.2) is 9.97 Å². The average molecular weight is 263 g/mol. The van der Waals surface area contributed by atoms with Crippen LogP contribution in [0.2, 0.25) is 0 Å². The summed E-state index contributed by atoms with van der Waals surface area (Å²) in [4.78, 5) is 13.3. The second-order valence-electron chi connectivity index (χ2n) is 5.43. The van der Waals surface area contributed by atoms with Gasteiger partial charge in [0.05, 0.1) is 0 Å². The van der Waals surface area contributed by atoms with Crippen LogP contribution in [0.4, 0.5) is 11.6 Å². The van der Waals surface area contributed by atoms with Gasteiger partial charge in [0, 0.05) is 39.3 Å². The third-order valence-corrected chi connectivity index (χ3v) is 3.83. The van der Waals surface area contributed by atoms with E-state index in [1.54, 1.807) is 6.33 Å². The lowest BCUT2D eigenvalue weighted by Crippen LogP contribution is -2.34. The molecule has 1 aromatic rings. The van der Waals surface area contributed by atoms with E-state index in [4.69, 9.17) is 0 Å². The lowest BCUT2D eigenvalue weighted by Gasteiger charge is -2.31. The maximum Gasteiger partial charge on any atom is 0.134 e. The van der Waals surface area contributed by atoms with Crippen LogP contribution >= 0.6 is 0 Å². The van der Waals surface area contributed by atoms with Crippen LogP contribution in [0, 0.1) is 5.92 Å². The number of aromatic nitrogens is 2. The van der Waals surface area contributed by atoms with Crippen molar-refractivity contribution in [2.75, 3.05) is 50.1 Å². The van der Waals surface area contributed by atoms with Gasteiger partial charge < -0.3 is 15.1 Å². The number of rotatable bonds is 5. The Bertz CT molecular complexity index is 387. The Morgan fingerprint density at radius 2 is 2.11 bits per heavy atom. The largest absolute Gasteiger partial charge is 0.358 e. The van der Waals surface area contributed by atoms with Crippen LogP contribution in [0.15, 0.2) is 12.4 Å². The van der Waals surface area contributed by atoms with Crippen LogP contribution in [0.1, 0.15) is 19.8 Å². The van der Waals surface area contributed by atoms with Crippen molar-refractivity contribution < 1.29 is 0 Å². The Labute approximate surface area is 116 Å². The number of nitrogens with one attached hydrogen (secondary N) is 1. The third-order valence-electron chi connectivity index (χ3n) is 3.83. The Morgan fingerprint density at radius 1 is 1.37 bits per heavy atom. The summed E-state index contributed by atoms with van der Waals surface area (Å²) in [5.41, 5.74) is 0. The quantitative estimate of drug-likeness (QED) is 0.869. The maximum absolute atomic E-state index is 4.42. The summed E-state index contributed by atoms with van der Waals surface area (Å²) in [6, 6.07) is 2.10. The molecule has 1 aliphatic heterocycles. The van der Waals surface area contributed by atoms with E-state index in [9.17, 15) is 0 Å². The van der Waals surface area contributed by atoms with Gasteiger partial charge in [0.25, 0.3) is 0 Å². The van der Waals surface area contributed by atoms with Crippen LogP contribution < -0.4 is 15.1 Å².